The van der Waals surface area contributed by atoms with Gasteiger partial charge in [0.25, 0.3) is 0 Å². The van der Waals surface area contributed by atoms with Crippen LogP contribution < -0.4 is 5.32 Å². The van der Waals surface area contributed by atoms with Gasteiger partial charge in [-0.05, 0) is 24.3 Å². The number of hydrogen-bond acceptors (Lipinski definition) is 4. The molecule has 0 fully saturated rings. The number of carboxylic acid groups (broad SMARTS) is 1. The summed E-state index contributed by atoms with van der Waals surface area (Å²) in [7, 11) is 0. The van der Waals surface area contributed by atoms with E-state index >= 15 is 0 Å². The number of amides is 1. The van der Waals surface area contributed by atoms with Gasteiger partial charge in [-0.3, -0.25) is 4.79 Å². The highest BCUT2D eigenvalue weighted by Gasteiger charge is 2.17. The van der Waals surface area contributed by atoms with E-state index in [2.05, 4.69) is 17.4 Å². The Bertz CT molecular complexity index is 426. The predicted molar refractivity (Wildman–Crippen MR) is 84.3 cm³/mol. The van der Waals surface area contributed by atoms with E-state index in [1.807, 2.05) is 18.2 Å². The topological polar surface area (TPSA) is 66.4 Å². The zero-order valence-electron chi connectivity index (χ0n) is 11.4. The second-order valence-corrected chi connectivity index (χ2v) is 6.55. The van der Waals surface area contributed by atoms with Crippen molar-refractivity contribution in [3.05, 3.63) is 30.3 Å². The summed E-state index contributed by atoms with van der Waals surface area (Å²) in [6, 6.07) is 9.40. The number of carbonyl (C=O) groups excluding carboxylic acids is 1. The number of rotatable bonds is 9. The summed E-state index contributed by atoms with van der Waals surface area (Å²) < 4.78 is 0. The SMILES string of the molecule is CC(=O)NC(CCSCCSc1ccccc1)C(=O)O. The molecular weight excluding hydrogens is 294 g/mol. The van der Waals surface area contributed by atoms with Crippen LogP contribution in [0.15, 0.2) is 35.2 Å². The first kappa shape index (κ1) is 16.9. The third-order valence-corrected chi connectivity index (χ3v) is 4.76. The van der Waals surface area contributed by atoms with Crippen molar-refractivity contribution < 1.29 is 14.7 Å². The zero-order chi connectivity index (χ0) is 14.8. The van der Waals surface area contributed by atoms with E-state index in [4.69, 9.17) is 5.11 Å². The van der Waals surface area contributed by atoms with E-state index in [1.165, 1.54) is 11.8 Å². The second-order valence-electron chi connectivity index (χ2n) is 4.15. The summed E-state index contributed by atoms with van der Waals surface area (Å²) in [4.78, 5) is 23.0. The molecule has 0 bridgehead atoms. The standard InChI is InChI=1S/C14H19NO3S2/c1-11(16)15-13(14(17)18)7-8-19-9-10-20-12-5-3-2-4-6-12/h2-6,13H,7-10H2,1H3,(H,15,16)(H,17,18). The zero-order valence-corrected chi connectivity index (χ0v) is 13.0. The van der Waals surface area contributed by atoms with Crippen LogP contribution in [0.3, 0.4) is 0 Å². The molecule has 2 N–H and O–H groups in total. The number of carbonyl (C=O) groups is 2. The molecule has 0 saturated heterocycles. The molecular formula is C14H19NO3S2. The maximum atomic E-state index is 10.9. The lowest BCUT2D eigenvalue weighted by molar-refractivity contribution is -0.141. The highest BCUT2D eigenvalue weighted by molar-refractivity contribution is 8.02. The molecule has 0 aromatic heterocycles. The molecule has 0 saturated carbocycles. The van der Waals surface area contributed by atoms with Crippen LogP contribution >= 0.6 is 23.5 Å². The molecule has 1 rings (SSSR count). The van der Waals surface area contributed by atoms with Gasteiger partial charge in [0.1, 0.15) is 6.04 Å². The van der Waals surface area contributed by atoms with Crippen molar-refractivity contribution in [2.24, 2.45) is 0 Å². The molecule has 0 radical (unpaired) electrons. The van der Waals surface area contributed by atoms with Crippen molar-refractivity contribution in [2.75, 3.05) is 17.3 Å². The van der Waals surface area contributed by atoms with Gasteiger partial charge in [0.15, 0.2) is 0 Å². The Morgan fingerprint density at radius 3 is 2.50 bits per heavy atom. The van der Waals surface area contributed by atoms with Gasteiger partial charge in [0, 0.05) is 23.3 Å². The van der Waals surface area contributed by atoms with Crippen molar-refractivity contribution in [1.29, 1.82) is 0 Å². The third-order valence-electron chi connectivity index (χ3n) is 2.47. The van der Waals surface area contributed by atoms with E-state index in [0.717, 1.165) is 17.3 Å². The second kappa shape index (κ2) is 9.72. The van der Waals surface area contributed by atoms with Gasteiger partial charge in [-0.2, -0.15) is 11.8 Å². The van der Waals surface area contributed by atoms with Crippen LogP contribution in [0.5, 0.6) is 0 Å². The lowest BCUT2D eigenvalue weighted by Crippen LogP contribution is -2.39. The number of nitrogens with one attached hydrogen (secondary N) is 1. The fourth-order valence-electron chi connectivity index (χ4n) is 1.54. The van der Waals surface area contributed by atoms with Gasteiger partial charge in [0.2, 0.25) is 5.91 Å². The van der Waals surface area contributed by atoms with Crippen molar-refractivity contribution in [3.8, 4) is 0 Å². The monoisotopic (exact) mass is 313 g/mol. The third kappa shape index (κ3) is 7.45. The average Bonchev–Trinajstić information content (AvgIpc) is 2.41. The first-order valence-electron chi connectivity index (χ1n) is 6.35. The maximum Gasteiger partial charge on any atom is 0.326 e. The molecule has 0 aliphatic heterocycles. The predicted octanol–water partition coefficient (Wildman–Crippen LogP) is 2.49. The van der Waals surface area contributed by atoms with Crippen LogP contribution in [0.2, 0.25) is 0 Å². The molecule has 20 heavy (non-hydrogen) atoms. The summed E-state index contributed by atoms with van der Waals surface area (Å²) in [5, 5.41) is 11.4. The quantitative estimate of drug-likeness (QED) is 0.541. The van der Waals surface area contributed by atoms with Gasteiger partial charge < -0.3 is 10.4 Å². The molecule has 110 valence electrons. The summed E-state index contributed by atoms with van der Waals surface area (Å²) in [5.74, 6) is 1.41. The molecule has 6 heteroatoms. The first-order chi connectivity index (χ1) is 9.59. The fraction of sp³-hybridized carbons (Fsp3) is 0.429. The minimum atomic E-state index is -0.973. The summed E-state index contributed by atoms with van der Waals surface area (Å²) in [5.41, 5.74) is 0. The smallest absolute Gasteiger partial charge is 0.326 e. The van der Waals surface area contributed by atoms with E-state index in [0.29, 0.717) is 6.42 Å². The van der Waals surface area contributed by atoms with Gasteiger partial charge >= 0.3 is 5.97 Å². The lowest BCUT2D eigenvalue weighted by atomic mass is 10.2. The first-order valence-corrected chi connectivity index (χ1v) is 8.49. The number of thioether (sulfide) groups is 2. The number of carboxylic acids is 1. The minimum absolute atomic E-state index is 0.304. The van der Waals surface area contributed by atoms with Crippen molar-refractivity contribution in [3.63, 3.8) is 0 Å². The highest BCUT2D eigenvalue weighted by Crippen LogP contribution is 2.18. The van der Waals surface area contributed by atoms with Gasteiger partial charge in [-0.15, -0.1) is 11.8 Å². The Balaban J connectivity index is 2.11. The van der Waals surface area contributed by atoms with Crippen molar-refractivity contribution in [2.45, 2.75) is 24.3 Å². The minimum Gasteiger partial charge on any atom is -0.480 e. The Kier molecular flexibility index (Phi) is 8.22. The Hall–Kier alpha value is -1.14. The Morgan fingerprint density at radius 2 is 1.90 bits per heavy atom. The largest absolute Gasteiger partial charge is 0.480 e. The maximum absolute atomic E-state index is 10.9. The molecule has 0 aliphatic rings. The number of aliphatic carboxylic acids is 1. The summed E-state index contributed by atoms with van der Waals surface area (Å²) >= 11 is 3.50. The van der Waals surface area contributed by atoms with Gasteiger partial charge in [-0.25, -0.2) is 4.79 Å². The molecule has 0 spiro atoms. The lowest BCUT2D eigenvalue weighted by Gasteiger charge is -2.12. The van der Waals surface area contributed by atoms with Crippen molar-refractivity contribution in [1.82, 2.24) is 5.32 Å². The van der Waals surface area contributed by atoms with E-state index < -0.39 is 12.0 Å². The number of benzene rings is 1. The van der Waals surface area contributed by atoms with Gasteiger partial charge in [-0.1, -0.05) is 18.2 Å². The van der Waals surface area contributed by atoms with Gasteiger partial charge in [0.05, 0.1) is 0 Å². The fourth-order valence-corrected chi connectivity index (χ4v) is 3.54. The van der Waals surface area contributed by atoms with Crippen LogP contribution in [0, 0.1) is 0 Å². The molecule has 1 atom stereocenters. The normalized spacial score (nSPS) is 11.8. The summed E-state index contributed by atoms with van der Waals surface area (Å²) in [6.07, 6.45) is 0.454. The highest BCUT2D eigenvalue weighted by atomic mass is 32.2. The molecule has 0 aliphatic carbocycles. The molecule has 4 nitrogen and oxygen atoms in total. The van der Waals surface area contributed by atoms with E-state index in [-0.39, 0.29) is 5.91 Å². The van der Waals surface area contributed by atoms with Crippen LogP contribution in [0.1, 0.15) is 13.3 Å². The summed E-state index contributed by atoms with van der Waals surface area (Å²) in [6.45, 7) is 1.33. The van der Waals surface area contributed by atoms with E-state index in [9.17, 15) is 9.59 Å². The van der Waals surface area contributed by atoms with Crippen LogP contribution in [0.4, 0.5) is 0 Å². The molecule has 1 aromatic rings. The van der Waals surface area contributed by atoms with Crippen LogP contribution in [0.25, 0.3) is 0 Å². The Labute approximate surface area is 127 Å². The van der Waals surface area contributed by atoms with Crippen LogP contribution in [-0.2, 0) is 9.59 Å². The molecule has 1 amide bonds. The molecule has 0 heterocycles. The molecule has 1 aromatic carbocycles. The Morgan fingerprint density at radius 1 is 1.20 bits per heavy atom. The molecule has 1 unspecified atom stereocenters. The van der Waals surface area contributed by atoms with E-state index in [1.54, 1.807) is 23.5 Å². The number of hydrogen-bond donors (Lipinski definition) is 2. The average molecular weight is 313 g/mol. The van der Waals surface area contributed by atoms with Crippen molar-refractivity contribution >= 4 is 35.4 Å². The van der Waals surface area contributed by atoms with Crippen LogP contribution in [-0.4, -0.2) is 40.3 Å².